The summed E-state index contributed by atoms with van der Waals surface area (Å²) in [6, 6.07) is 13.2. The number of aryl methyl sites for hydroxylation is 1. The van der Waals surface area contributed by atoms with Crippen molar-refractivity contribution >= 4 is 26.7 Å². The predicted molar refractivity (Wildman–Crippen MR) is 124 cm³/mol. The number of hydrogen-bond acceptors (Lipinski definition) is 5. The van der Waals surface area contributed by atoms with Crippen LogP contribution in [0.3, 0.4) is 0 Å². The molecule has 2 heterocycles. The molecule has 1 fully saturated rings. The highest BCUT2D eigenvalue weighted by Crippen LogP contribution is 2.26. The van der Waals surface area contributed by atoms with Gasteiger partial charge < -0.3 is 14.1 Å². The summed E-state index contributed by atoms with van der Waals surface area (Å²) >= 11 is 0. The number of sulfone groups is 1. The van der Waals surface area contributed by atoms with Gasteiger partial charge in [0.1, 0.15) is 11.3 Å². The van der Waals surface area contributed by atoms with Crippen LogP contribution in [0.15, 0.2) is 53.1 Å². The zero-order valence-electron chi connectivity index (χ0n) is 18.5. The maximum absolute atomic E-state index is 13.4. The molecule has 0 unspecified atom stereocenters. The van der Waals surface area contributed by atoms with Gasteiger partial charge in [-0.05, 0) is 49.6 Å². The first kappa shape index (κ1) is 22.4. The lowest BCUT2D eigenvalue weighted by Crippen LogP contribution is -2.41. The van der Waals surface area contributed by atoms with E-state index in [1.54, 1.807) is 11.2 Å². The van der Waals surface area contributed by atoms with E-state index in [0.29, 0.717) is 19.6 Å². The maximum Gasteiger partial charge on any atom is 0.227 e. The molecule has 1 saturated heterocycles. The molecule has 0 aliphatic carbocycles. The molecule has 1 aliphatic rings. The molecule has 1 atom stereocenters. The van der Waals surface area contributed by atoms with Crippen molar-refractivity contribution < 1.29 is 22.4 Å². The van der Waals surface area contributed by atoms with Crippen molar-refractivity contribution in [3.63, 3.8) is 0 Å². The van der Waals surface area contributed by atoms with Gasteiger partial charge in [0.2, 0.25) is 5.91 Å². The van der Waals surface area contributed by atoms with Crippen LogP contribution in [-0.2, 0) is 27.6 Å². The zero-order valence-corrected chi connectivity index (χ0v) is 19.4. The summed E-state index contributed by atoms with van der Waals surface area (Å²) in [4.78, 5) is 15.1. The van der Waals surface area contributed by atoms with Gasteiger partial charge in [-0.2, -0.15) is 0 Å². The number of amides is 1. The number of rotatable bonds is 8. The number of carbonyl (C=O) groups excluding carboxylic acids is 1. The Bertz CT molecular complexity index is 1200. The van der Waals surface area contributed by atoms with Gasteiger partial charge >= 0.3 is 0 Å². The topological polar surface area (TPSA) is 76.8 Å². The van der Waals surface area contributed by atoms with E-state index in [-0.39, 0.29) is 29.9 Å². The van der Waals surface area contributed by atoms with Crippen LogP contribution < -0.4 is 4.74 Å². The Morgan fingerprint density at radius 1 is 1.19 bits per heavy atom. The molecule has 4 rings (SSSR count). The number of nitrogens with zero attached hydrogens (tertiary/aromatic N) is 1. The molecule has 3 aromatic rings. The molecule has 0 bridgehead atoms. The fourth-order valence-corrected chi connectivity index (χ4v) is 5.88. The second-order valence-corrected chi connectivity index (χ2v) is 10.7. The molecule has 2 aromatic carbocycles. The quantitative estimate of drug-likeness (QED) is 0.506. The summed E-state index contributed by atoms with van der Waals surface area (Å²) in [5.41, 5.74) is 3.61. The van der Waals surface area contributed by atoms with Crippen molar-refractivity contribution in [3.8, 4) is 5.75 Å². The van der Waals surface area contributed by atoms with Crippen molar-refractivity contribution in [1.29, 1.82) is 0 Å². The number of benzene rings is 2. The fraction of sp³-hybridized carbons (Fsp3) is 0.400. The summed E-state index contributed by atoms with van der Waals surface area (Å²) in [5, 5.41) is 0.926. The lowest BCUT2D eigenvalue weighted by molar-refractivity contribution is -0.133. The van der Waals surface area contributed by atoms with Crippen LogP contribution in [0.25, 0.3) is 11.0 Å². The normalized spacial score (nSPS) is 17.5. The molecule has 7 heteroatoms. The minimum Gasteiger partial charge on any atom is -0.494 e. The standard InChI is InChI=1S/C25H29NO5S/c1-3-11-30-22-7-5-19(6-8-22)15-26(21-10-12-32(28,29)17-21)25(27)14-20-16-31-24-9-4-18(2)13-23(20)24/h4-9,13,16,21H,3,10-12,14-15,17H2,1-2H3/t21-/m0/s1. The third-order valence-corrected chi connectivity index (χ3v) is 7.62. The number of ether oxygens (including phenoxy) is 1. The van der Waals surface area contributed by atoms with Gasteiger partial charge in [-0.15, -0.1) is 0 Å². The number of fused-ring (bicyclic) bond motifs is 1. The van der Waals surface area contributed by atoms with E-state index in [0.717, 1.165) is 39.8 Å². The fourth-order valence-electron chi connectivity index (χ4n) is 4.15. The second kappa shape index (κ2) is 9.36. The molecule has 1 aromatic heterocycles. The molecule has 1 amide bonds. The Hall–Kier alpha value is -2.80. The largest absolute Gasteiger partial charge is 0.494 e. The molecular weight excluding hydrogens is 426 g/mol. The van der Waals surface area contributed by atoms with Crippen molar-refractivity contribution in [3.05, 3.63) is 65.4 Å². The molecule has 1 aliphatic heterocycles. The van der Waals surface area contributed by atoms with Crippen molar-refractivity contribution in [2.75, 3.05) is 18.1 Å². The van der Waals surface area contributed by atoms with Gasteiger partial charge in [0, 0.05) is 23.5 Å². The highest BCUT2D eigenvalue weighted by atomic mass is 32.2. The molecule has 32 heavy (non-hydrogen) atoms. The lowest BCUT2D eigenvalue weighted by atomic mass is 10.1. The van der Waals surface area contributed by atoms with E-state index >= 15 is 0 Å². The summed E-state index contributed by atoms with van der Waals surface area (Å²) in [7, 11) is -3.12. The Kier molecular flexibility index (Phi) is 6.55. The molecule has 6 nitrogen and oxygen atoms in total. The highest BCUT2D eigenvalue weighted by Gasteiger charge is 2.34. The minimum atomic E-state index is -3.12. The Labute approximate surface area is 189 Å². The van der Waals surface area contributed by atoms with Crippen LogP contribution in [0.1, 0.15) is 36.5 Å². The molecule has 0 saturated carbocycles. The van der Waals surface area contributed by atoms with E-state index in [2.05, 4.69) is 6.92 Å². The van der Waals surface area contributed by atoms with E-state index in [4.69, 9.17) is 9.15 Å². The first-order valence-electron chi connectivity index (χ1n) is 11.0. The van der Waals surface area contributed by atoms with E-state index in [9.17, 15) is 13.2 Å². The Morgan fingerprint density at radius 3 is 2.66 bits per heavy atom. The van der Waals surface area contributed by atoms with Crippen LogP contribution in [0.5, 0.6) is 5.75 Å². The van der Waals surface area contributed by atoms with Crippen LogP contribution in [-0.4, -0.2) is 43.4 Å². The van der Waals surface area contributed by atoms with Crippen LogP contribution >= 0.6 is 0 Å². The average molecular weight is 456 g/mol. The number of carbonyl (C=O) groups is 1. The van der Waals surface area contributed by atoms with Gasteiger partial charge in [0.25, 0.3) is 0 Å². The first-order valence-corrected chi connectivity index (χ1v) is 12.8. The SMILES string of the molecule is CCCOc1ccc(CN(C(=O)Cc2coc3ccc(C)cc23)[C@H]2CCS(=O)(=O)C2)cc1. The molecular formula is C25H29NO5S. The third-order valence-electron chi connectivity index (χ3n) is 5.87. The van der Waals surface area contributed by atoms with E-state index < -0.39 is 9.84 Å². The molecule has 170 valence electrons. The molecule has 0 radical (unpaired) electrons. The molecule has 0 N–H and O–H groups in total. The molecule has 0 spiro atoms. The number of furan rings is 1. The van der Waals surface area contributed by atoms with Gasteiger partial charge in [-0.25, -0.2) is 8.42 Å². The van der Waals surface area contributed by atoms with Crippen molar-refractivity contribution in [2.45, 2.75) is 45.7 Å². The van der Waals surface area contributed by atoms with E-state index in [1.165, 1.54) is 0 Å². The summed E-state index contributed by atoms with van der Waals surface area (Å²) in [6.45, 7) is 5.07. The van der Waals surface area contributed by atoms with Gasteiger partial charge in [-0.1, -0.05) is 30.7 Å². The van der Waals surface area contributed by atoms with Gasteiger partial charge in [0.05, 0.1) is 30.8 Å². The maximum atomic E-state index is 13.4. The van der Waals surface area contributed by atoms with Crippen LogP contribution in [0.4, 0.5) is 0 Å². The van der Waals surface area contributed by atoms with E-state index in [1.807, 2.05) is 49.4 Å². The Morgan fingerprint density at radius 2 is 1.97 bits per heavy atom. The zero-order chi connectivity index (χ0) is 22.7. The Balaban J connectivity index is 1.56. The smallest absolute Gasteiger partial charge is 0.227 e. The summed E-state index contributed by atoms with van der Waals surface area (Å²) in [6.07, 6.45) is 3.20. The van der Waals surface area contributed by atoms with Gasteiger partial charge in [-0.3, -0.25) is 4.79 Å². The second-order valence-electron chi connectivity index (χ2n) is 8.51. The average Bonchev–Trinajstić information content (AvgIpc) is 3.33. The highest BCUT2D eigenvalue weighted by molar-refractivity contribution is 7.91. The third kappa shape index (κ3) is 5.15. The van der Waals surface area contributed by atoms with Crippen molar-refractivity contribution in [1.82, 2.24) is 4.90 Å². The van der Waals surface area contributed by atoms with Crippen LogP contribution in [0, 0.1) is 6.92 Å². The number of hydrogen-bond donors (Lipinski definition) is 0. The van der Waals surface area contributed by atoms with Crippen molar-refractivity contribution in [2.24, 2.45) is 0 Å². The lowest BCUT2D eigenvalue weighted by Gasteiger charge is -2.28. The predicted octanol–water partition coefficient (Wildman–Crippen LogP) is 4.29. The summed E-state index contributed by atoms with van der Waals surface area (Å²) in [5.74, 6) is 0.834. The minimum absolute atomic E-state index is 0.0156. The summed E-state index contributed by atoms with van der Waals surface area (Å²) < 4.78 is 35.5. The van der Waals surface area contributed by atoms with Crippen LogP contribution in [0.2, 0.25) is 0 Å². The van der Waals surface area contributed by atoms with Gasteiger partial charge in [0.15, 0.2) is 9.84 Å². The monoisotopic (exact) mass is 455 g/mol. The first-order chi connectivity index (χ1) is 15.3.